The molecule has 0 spiro atoms. The summed E-state index contributed by atoms with van der Waals surface area (Å²) in [6.07, 6.45) is 5.94. The first kappa shape index (κ1) is 17.9. The number of hydrogen-bond acceptors (Lipinski definition) is 4. The van der Waals surface area contributed by atoms with Gasteiger partial charge >= 0.3 is 0 Å². The number of unbranched alkanes of at least 4 members (excludes halogenated alkanes) is 2. The highest BCUT2D eigenvalue weighted by Gasteiger charge is 2.16. The standard InChI is InChI=1S/C16H35N3O/c1-3-5-10-18(11-6-4-2)14-16(20)15-19-12-7-8-17-9-13-19/h16-17,20H,3-15H2,1-2H3. The van der Waals surface area contributed by atoms with Crippen LogP contribution in [0.2, 0.25) is 0 Å². The Morgan fingerprint density at radius 2 is 1.80 bits per heavy atom. The number of aliphatic hydroxyl groups is 1. The van der Waals surface area contributed by atoms with E-state index in [-0.39, 0.29) is 6.10 Å². The van der Waals surface area contributed by atoms with Crippen LogP contribution in [0.25, 0.3) is 0 Å². The monoisotopic (exact) mass is 285 g/mol. The molecular weight excluding hydrogens is 250 g/mol. The molecule has 0 aromatic heterocycles. The Morgan fingerprint density at radius 1 is 1.10 bits per heavy atom. The number of nitrogens with one attached hydrogen (secondary N) is 1. The van der Waals surface area contributed by atoms with Crippen molar-refractivity contribution in [1.82, 2.24) is 15.1 Å². The maximum Gasteiger partial charge on any atom is 0.0793 e. The fourth-order valence-electron chi connectivity index (χ4n) is 2.80. The highest BCUT2D eigenvalue weighted by atomic mass is 16.3. The van der Waals surface area contributed by atoms with Gasteiger partial charge in [-0.15, -0.1) is 0 Å². The molecule has 4 nitrogen and oxygen atoms in total. The van der Waals surface area contributed by atoms with E-state index in [9.17, 15) is 5.11 Å². The lowest BCUT2D eigenvalue weighted by Crippen LogP contribution is -2.42. The predicted molar refractivity (Wildman–Crippen MR) is 86.2 cm³/mol. The fourth-order valence-corrected chi connectivity index (χ4v) is 2.80. The molecule has 0 bridgehead atoms. The number of nitrogens with zero attached hydrogens (tertiary/aromatic N) is 2. The summed E-state index contributed by atoms with van der Waals surface area (Å²) in [6, 6.07) is 0. The molecule has 1 heterocycles. The molecular formula is C16H35N3O. The number of β-amino-alcohol motifs (C(OH)–C–C–N with tert-alkyl or cyclic N) is 1. The minimum Gasteiger partial charge on any atom is -0.390 e. The summed E-state index contributed by atoms with van der Waals surface area (Å²) in [4.78, 5) is 4.86. The van der Waals surface area contributed by atoms with Crippen LogP contribution in [0.15, 0.2) is 0 Å². The molecule has 0 aliphatic carbocycles. The Balaban J connectivity index is 2.28. The Hall–Kier alpha value is -0.160. The first-order valence-electron chi connectivity index (χ1n) is 8.59. The number of rotatable bonds is 10. The average Bonchev–Trinajstić information content (AvgIpc) is 2.70. The summed E-state index contributed by atoms with van der Waals surface area (Å²) in [6.45, 7) is 12.8. The maximum absolute atomic E-state index is 10.4. The van der Waals surface area contributed by atoms with Crippen LogP contribution in [0.4, 0.5) is 0 Å². The van der Waals surface area contributed by atoms with Gasteiger partial charge in [-0.1, -0.05) is 26.7 Å². The summed E-state index contributed by atoms with van der Waals surface area (Å²) in [5, 5.41) is 13.8. The van der Waals surface area contributed by atoms with Gasteiger partial charge in [-0.3, -0.25) is 4.90 Å². The molecule has 0 aromatic rings. The van der Waals surface area contributed by atoms with E-state index < -0.39 is 0 Å². The molecule has 2 N–H and O–H groups in total. The third kappa shape index (κ3) is 8.20. The summed E-state index contributed by atoms with van der Waals surface area (Å²) in [5.41, 5.74) is 0. The first-order chi connectivity index (χ1) is 9.76. The molecule has 0 amide bonds. The second-order valence-electron chi connectivity index (χ2n) is 6.07. The smallest absolute Gasteiger partial charge is 0.0793 e. The molecule has 1 aliphatic rings. The molecule has 4 heteroatoms. The highest BCUT2D eigenvalue weighted by Crippen LogP contribution is 2.03. The van der Waals surface area contributed by atoms with Crippen molar-refractivity contribution in [3.05, 3.63) is 0 Å². The Bertz CT molecular complexity index is 210. The quantitative estimate of drug-likeness (QED) is 0.639. The van der Waals surface area contributed by atoms with Crippen molar-refractivity contribution in [2.75, 3.05) is 52.4 Å². The van der Waals surface area contributed by atoms with Crippen molar-refractivity contribution in [3.63, 3.8) is 0 Å². The van der Waals surface area contributed by atoms with Gasteiger partial charge in [0.25, 0.3) is 0 Å². The van der Waals surface area contributed by atoms with Crippen LogP contribution >= 0.6 is 0 Å². The Morgan fingerprint density at radius 3 is 2.45 bits per heavy atom. The van der Waals surface area contributed by atoms with E-state index in [0.717, 1.165) is 52.4 Å². The summed E-state index contributed by atoms with van der Waals surface area (Å²) in [5.74, 6) is 0. The van der Waals surface area contributed by atoms with Crippen molar-refractivity contribution >= 4 is 0 Å². The van der Waals surface area contributed by atoms with Gasteiger partial charge in [-0.25, -0.2) is 0 Å². The number of hydrogen-bond donors (Lipinski definition) is 2. The molecule has 20 heavy (non-hydrogen) atoms. The van der Waals surface area contributed by atoms with E-state index in [0.29, 0.717) is 0 Å². The van der Waals surface area contributed by atoms with E-state index in [1.54, 1.807) is 0 Å². The van der Waals surface area contributed by atoms with E-state index in [1.165, 1.54) is 32.1 Å². The lowest BCUT2D eigenvalue weighted by molar-refractivity contribution is 0.0746. The van der Waals surface area contributed by atoms with E-state index in [2.05, 4.69) is 29.0 Å². The van der Waals surface area contributed by atoms with Crippen LogP contribution in [0.5, 0.6) is 0 Å². The Labute approximate surface area is 125 Å². The summed E-state index contributed by atoms with van der Waals surface area (Å²) < 4.78 is 0. The van der Waals surface area contributed by atoms with Gasteiger partial charge in [0.2, 0.25) is 0 Å². The highest BCUT2D eigenvalue weighted by molar-refractivity contribution is 4.72. The zero-order chi connectivity index (χ0) is 14.6. The second kappa shape index (κ2) is 11.5. The molecule has 1 aliphatic heterocycles. The third-order valence-corrected chi connectivity index (χ3v) is 4.03. The second-order valence-corrected chi connectivity index (χ2v) is 6.07. The van der Waals surface area contributed by atoms with E-state index in [4.69, 9.17) is 0 Å². The average molecular weight is 285 g/mol. The molecule has 1 saturated heterocycles. The normalized spacial score (nSPS) is 19.2. The minimum absolute atomic E-state index is 0.207. The van der Waals surface area contributed by atoms with E-state index >= 15 is 0 Å². The molecule has 120 valence electrons. The molecule has 0 aromatic carbocycles. The predicted octanol–water partition coefficient (Wildman–Crippen LogP) is 1.54. The summed E-state index contributed by atoms with van der Waals surface area (Å²) in [7, 11) is 0. The Kier molecular flexibility index (Phi) is 10.3. The molecule has 1 atom stereocenters. The van der Waals surface area contributed by atoms with Crippen molar-refractivity contribution in [2.24, 2.45) is 0 Å². The van der Waals surface area contributed by atoms with Crippen LogP contribution < -0.4 is 5.32 Å². The third-order valence-electron chi connectivity index (χ3n) is 4.03. The SMILES string of the molecule is CCCCN(CCCC)CC(O)CN1CCCNCC1. The van der Waals surface area contributed by atoms with Gasteiger partial charge in [-0.2, -0.15) is 0 Å². The van der Waals surface area contributed by atoms with Gasteiger partial charge in [0.15, 0.2) is 0 Å². The number of aliphatic hydroxyl groups excluding tert-OH is 1. The van der Waals surface area contributed by atoms with Gasteiger partial charge in [0.1, 0.15) is 0 Å². The van der Waals surface area contributed by atoms with Crippen LogP contribution in [-0.2, 0) is 0 Å². The van der Waals surface area contributed by atoms with Gasteiger partial charge in [-0.05, 0) is 45.4 Å². The fraction of sp³-hybridized carbons (Fsp3) is 1.00. The van der Waals surface area contributed by atoms with Crippen molar-refractivity contribution in [2.45, 2.75) is 52.1 Å². The zero-order valence-electron chi connectivity index (χ0n) is 13.6. The van der Waals surface area contributed by atoms with Gasteiger partial charge < -0.3 is 15.3 Å². The zero-order valence-corrected chi connectivity index (χ0v) is 13.6. The van der Waals surface area contributed by atoms with Gasteiger partial charge in [0, 0.05) is 26.2 Å². The first-order valence-corrected chi connectivity index (χ1v) is 8.59. The lowest BCUT2D eigenvalue weighted by atomic mass is 10.2. The lowest BCUT2D eigenvalue weighted by Gasteiger charge is -2.28. The topological polar surface area (TPSA) is 38.7 Å². The summed E-state index contributed by atoms with van der Waals surface area (Å²) >= 11 is 0. The van der Waals surface area contributed by atoms with Crippen LogP contribution in [0.1, 0.15) is 46.0 Å². The molecule has 0 saturated carbocycles. The van der Waals surface area contributed by atoms with Crippen LogP contribution in [0.3, 0.4) is 0 Å². The molecule has 1 rings (SSSR count). The minimum atomic E-state index is -0.207. The van der Waals surface area contributed by atoms with Crippen molar-refractivity contribution in [1.29, 1.82) is 0 Å². The van der Waals surface area contributed by atoms with Crippen molar-refractivity contribution in [3.8, 4) is 0 Å². The van der Waals surface area contributed by atoms with Crippen LogP contribution in [-0.4, -0.2) is 73.4 Å². The molecule has 0 radical (unpaired) electrons. The molecule has 1 fully saturated rings. The maximum atomic E-state index is 10.4. The van der Waals surface area contributed by atoms with Gasteiger partial charge in [0.05, 0.1) is 6.10 Å². The largest absolute Gasteiger partial charge is 0.390 e. The van der Waals surface area contributed by atoms with Crippen molar-refractivity contribution < 1.29 is 5.11 Å². The molecule has 1 unspecified atom stereocenters. The van der Waals surface area contributed by atoms with E-state index in [1.807, 2.05) is 0 Å². The van der Waals surface area contributed by atoms with Crippen LogP contribution in [0, 0.1) is 0 Å².